The molecule has 2 rings (SSSR count). The summed E-state index contributed by atoms with van der Waals surface area (Å²) in [5.41, 5.74) is 0. The average Bonchev–Trinajstić information content (AvgIpc) is 2.40. The molecule has 1 aliphatic carbocycles. The highest BCUT2D eigenvalue weighted by molar-refractivity contribution is 6.31. The zero-order valence-corrected chi connectivity index (χ0v) is 11.0. The van der Waals surface area contributed by atoms with Crippen molar-refractivity contribution in [1.29, 1.82) is 0 Å². The lowest BCUT2D eigenvalue weighted by atomic mass is 9.93. The summed E-state index contributed by atoms with van der Waals surface area (Å²) in [5, 5.41) is 2.73. The van der Waals surface area contributed by atoms with Crippen LogP contribution in [0.4, 0.5) is 0 Å². The second-order valence-electron chi connectivity index (χ2n) is 5.20. The van der Waals surface area contributed by atoms with E-state index in [1.54, 1.807) is 0 Å². The van der Waals surface area contributed by atoms with Crippen molar-refractivity contribution in [2.24, 2.45) is 5.92 Å². The number of hydrogen-bond acceptors (Lipinski definition) is 2. The van der Waals surface area contributed by atoms with Crippen LogP contribution >= 0.6 is 11.6 Å². The number of hydrogen-bond donors (Lipinski definition) is 1. The van der Waals surface area contributed by atoms with Gasteiger partial charge in [0.05, 0.1) is 0 Å². The minimum absolute atomic E-state index is 0.0328. The zero-order chi connectivity index (χ0) is 12.1. The van der Waals surface area contributed by atoms with Gasteiger partial charge in [0.25, 0.3) is 0 Å². The molecule has 3 nitrogen and oxygen atoms in total. The minimum atomic E-state index is -0.374. The summed E-state index contributed by atoms with van der Waals surface area (Å²) >= 11 is 6.26. The van der Waals surface area contributed by atoms with Gasteiger partial charge in [0.15, 0.2) is 0 Å². The van der Waals surface area contributed by atoms with Crippen LogP contribution in [0.2, 0.25) is 0 Å². The molecule has 1 atom stereocenters. The van der Waals surface area contributed by atoms with E-state index >= 15 is 0 Å². The molecule has 1 unspecified atom stereocenters. The van der Waals surface area contributed by atoms with Crippen molar-refractivity contribution in [3.63, 3.8) is 0 Å². The molecule has 1 saturated heterocycles. The van der Waals surface area contributed by atoms with Gasteiger partial charge in [-0.25, -0.2) is 0 Å². The molecule has 98 valence electrons. The smallest absolute Gasteiger partial charge is 0.238 e. The van der Waals surface area contributed by atoms with Crippen LogP contribution in [0.25, 0.3) is 0 Å². The highest BCUT2D eigenvalue weighted by Gasteiger charge is 2.29. The van der Waals surface area contributed by atoms with Crippen LogP contribution in [-0.4, -0.2) is 30.5 Å². The SMILES string of the molecule is O=C(NC1CCCCC1)C(Cl)C1CCOCC1. The molecular weight excluding hydrogens is 238 g/mol. The number of halogens is 1. The van der Waals surface area contributed by atoms with Crippen molar-refractivity contribution in [1.82, 2.24) is 5.32 Å². The Bertz CT molecular complexity index is 248. The van der Waals surface area contributed by atoms with Gasteiger partial charge >= 0.3 is 0 Å². The van der Waals surface area contributed by atoms with Gasteiger partial charge in [0.1, 0.15) is 5.38 Å². The fraction of sp³-hybridized carbons (Fsp3) is 0.923. The van der Waals surface area contributed by atoms with Crippen molar-refractivity contribution < 1.29 is 9.53 Å². The van der Waals surface area contributed by atoms with E-state index in [0.717, 1.165) is 38.9 Å². The monoisotopic (exact) mass is 259 g/mol. The van der Waals surface area contributed by atoms with Gasteiger partial charge < -0.3 is 10.1 Å². The molecule has 4 heteroatoms. The topological polar surface area (TPSA) is 38.3 Å². The van der Waals surface area contributed by atoms with Crippen molar-refractivity contribution in [3.05, 3.63) is 0 Å². The molecule has 0 radical (unpaired) electrons. The van der Waals surface area contributed by atoms with Crippen molar-refractivity contribution >= 4 is 17.5 Å². The zero-order valence-electron chi connectivity index (χ0n) is 10.3. The summed E-state index contributed by atoms with van der Waals surface area (Å²) in [5.74, 6) is 0.319. The number of nitrogens with one attached hydrogen (secondary N) is 1. The van der Waals surface area contributed by atoms with E-state index in [2.05, 4.69) is 5.32 Å². The molecule has 0 spiro atoms. The van der Waals surface area contributed by atoms with Gasteiger partial charge in [-0.3, -0.25) is 4.79 Å². The average molecular weight is 260 g/mol. The van der Waals surface area contributed by atoms with Gasteiger partial charge in [-0.15, -0.1) is 11.6 Å². The molecule has 1 aliphatic heterocycles. The Morgan fingerprint density at radius 3 is 2.41 bits per heavy atom. The predicted molar refractivity (Wildman–Crippen MR) is 68.2 cm³/mol. The Kier molecular flexibility index (Phi) is 5.11. The Hall–Kier alpha value is -0.280. The van der Waals surface area contributed by atoms with Gasteiger partial charge in [-0.2, -0.15) is 0 Å². The summed E-state index contributed by atoms with van der Waals surface area (Å²) in [7, 11) is 0. The first-order valence-corrected chi connectivity index (χ1v) is 7.23. The summed E-state index contributed by atoms with van der Waals surface area (Å²) < 4.78 is 5.29. The van der Waals surface area contributed by atoms with E-state index < -0.39 is 0 Å². The van der Waals surface area contributed by atoms with Crippen LogP contribution in [0, 0.1) is 5.92 Å². The lowest BCUT2D eigenvalue weighted by Crippen LogP contribution is -2.43. The highest BCUT2D eigenvalue weighted by atomic mass is 35.5. The normalized spacial score (nSPS) is 25.5. The largest absolute Gasteiger partial charge is 0.381 e. The van der Waals surface area contributed by atoms with Crippen molar-refractivity contribution in [2.75, 3.05) is 13.2 Å². The third kappa shape index (κ3) is 3.85. The Balaban J connectivity index is 1.77. The summed E-state index contributed by atoms with van der Waals surface area (Å²) in [6.45, 7) is 1.48. The van der Waals surface area contributed by atoms with Gasteiger partial charge in [0.2, 0.25) is 5.91 Å². The standard InChI is InChI=1S/C13H22ClNO2/c14-12(10-6-8-17-9-7-10)13(16)15-11-4-2-1-3-5-11/h10-12H,1-9H2,(H,15,16). The maximum absolute atomic E-state index is 12.0. The fourth-order valence-corrected chi connectivity index (χ4v) is 3.07. The second-order valence-corrected chi connectivity index (χ2v) is 5.67. The molecule has 0 aromatic carbocycles. The van der Waals surface area contributed by atoms with E-state index in [-0.39, 0.29) is 17.2 Å². The Labute approximate surface area is 108 Å². The number of ether oxygens (including phenoxy) is 1. The molecule has 0 aromatic heterocycles. The number of amides is 1. The lowest BCUT2D eigenvalue weighted by Gasteiger charge is -2.28. The van der Waals surface area contributed by atoms with Crippen LogP contribution in [0.1, 0.15) is 44.9 Å². The third-order valence-corrected chi connectivity index (χ3v) is 4.44. The first kappa shape index (κ1) is 13.2. The summed E-state index contributed by atoms with van der Waals surface area (Å²) in [6.07, 6.45) is 7.81. The van der Waals surface area contributed by atoms with E-state index in [1.807, 2.05) is 0 Å². The molecule has 0 bridgehead atoms. The molecule has 17 heavy (non-hydrogen) atoms. The predicted octanol–water partition coefficient (Wildman–Crippen LogP) is 2.47. The van der Waals surface area contributed by atoms with Crippen molar-refractivity contribution in [3.8, 4) is 0 Å². The van der Waals surface area contributed by atoms with E-state index in [9.17, 15) is 4.79 Å². The van der Waals surface area contributed by atoms with E-state index in [0.29, 0.717) is 6.04 Å². The molecule has 2 aliphatic rings. The first-order chi connectivity index (χ1) is 8.27. The molecular formula is C13H22ClNO2. The molecule has 0 aromatic rings. The van der Waals surface area contributed by atoms with Crippen LogP contribution in [0.15, 0.2) is 0 Å². The maximum atomic E-state index is 12.0. The second kappa shape index (κ2) is 6.60. The molecule has 1 N–H and O–H groups in total. The molecule has 1 amide bonds. The Morgan fingerprint density at radius 1 is 1.12 bits per heavy atom. The minimum Gasteiger partial charge on any atom is -0.381 e. The first-order valence-electron chi connectivity index (χ1n) is 6.79. The highest BCUT2D eigenvalue weighted by Crippen LogP contribution is 2.24. The van der Waals surface area contributed by atoms with E-state index in [4.69, 9.17) is 16.3 Å². The van der Waals surface area contributed by atoms with E-state index in [1.165, 1.54) is 19.3 Å². The van der Waals surface area contributed by atoms with Crippen LogP contribution in [0.3, 0.4) is 0 Å². The molecule has 1 saturated carbocycles. The number of carbonyl (C=O) groups excluding carboxylic acids is 1. The van der Waals surface area contributed by atoms with Gasteiger partial charge in [-0.1, -0.05) is 19.3 Å². The summed E-state index contributed by atoms with van der Waals surface area (Å²) in [4.78, 5) is 12.0. The van der Waals surface area contributed by atoms with Gasteiger partial charge in [0, 0.05) is 19.3 Å². The van der Waals surface area contributed by atoms with Gasteiger partial charge in [-0.05, 0) is 31.6 Å². The molecule has 2 fully saturated rings. The maximum Gasteiger partial charge on any atom is 0.238 e. The fourth-order valence-electron chi connectivity index (χ4n) is 2.75. The van der Waals surface area contributed by atoms with Crippen molar-refractivity contribution in [2.45, 2.75) is 56.4 Å². The van der Waals surface area contributed by atoms with Crippen LogP contribution in [0.5, 0.6) is 0 Å². The number of carbonyl (C=O) groups is 1. The third-order valence-electron chi connectivity index (χ3n) is 3.88. The number of alkyl halides is 1. The number of rotatable bonds is 3. The summed E-state index contributed by atoms with van der Waals surface area (Å²) in [6, 6.07) is 0.359. The lowest BCUT2D eigenvalue weighted by molar-refractivity contribution is -0.123. The Morgan fingerprint density at radius 2 is 1.76 bits per heavy atom. The van der Waals surface area contributed by atoms with Crippen LogP contribution in [-0.2, 0) is 9.53 Å². The van der Waals surface area contributed by atoms with Crippen LogP contribution < -0.4 is 5.32 Å². The molecule has 1 heterocycles. The quantitative estimate of drug-likeness (QED) is 0.791.